The Morgan fingerprint density at radius 2 is 1.10 bits per heavy atom. The normalized spacial score (nSPS) is 14.0. The van der Waals surface area contributed by atoms with Crippen molar-refractivity contribution in [1.29, 1.82) is 0 Å². The van der Waals surface area contributed by atoms with E-state index in [0.29, 0.717) is 19.3 Å². The van der Waals surface area contributed by atoms with Crippen LogP contribution in [-0.2, 0) is 28.6 Å². The number of carbonyl (C=O) groups is 3. The molecular weight excluding hydrogens is 630 g/mol. The lowest BCUT2D eigenvalue weighted by atomic mass is 10.1. The molecule has 0 aliphatic rings. The van der Waals surface area contributed by atoms with Crippen LogP contribution in [-0.4, -0.2) is 80.6 Å². The van der Waals surface area contributed by atoms with Gasteiger partial charge in [0.25, 0.3) is 0 Å². The Labute approximate surface area is 303 Å². The fourth-order valence-corrected chi connectivity index (χ4v) is 4.66. The monoisotopic (exact) mass is 698 g/mol. The Hall–Kier alpha value is -3.49. The van der Waals surface area contributed by atoms with Crippen LogP contribution in [0.3, 0.4) is 0 Å². The van der Waals surface area contributed by atoms with Crippen LogP contribution in [0.4, 0.5) is 0 Å². The number of likely N-dealkylation sites (N-methyl/N-ethyl adjacent to an activating group) is 1. The molecule has 0 heterocycles. The van der Waals surface area contributed by atoms with Crippen molar-refractivity contribution in [1.82, 2.24) is 0 Å². The van der Waals surface area contributed by atoms with Gasteiger partial charge in [-0.3, -0.25) is 9.59 Å². The van der Waals surface area contributed by atoms with Crippen molar-refractivity contribution in [2.75, 3.05) is 41.0 Å². The van der Waals surface area contributed by atoms with Crippen LogP contribution in [0.25, 0.3) is 0 Å². The summed E-state index contributed by atoms with van der Waals surface area (Å²) < 4.78 is 17.0. The Bertz CT molecular complexity index is 1090. The van der Waals surface area contributed by atoms with E-state index < -0.39 is 18.1 Å². The van der Waals surface area contributed by atoms with Crippen molar-refractivity contribution in [2.24, 2.45) is 0 Å². The summed E-state index contributed by atoms with van der Waals surface area (Å²) in [6, 6.07) is -0.632. The van der Waals surface area contributed by atoms with Crippen LogP contribution in [0.5, 0.6) is 0 Å². The Balaban J connectivity index is 4.50. The molecule has 8 nitrogen and oxygen atoms in total. The molecule has 0 amide bonds. The first-order valence-corrected chi connectivity index (χ1v) is 18.6. The highest BCUT2D eigenvalue weighted by Crippen LogP contribution is 2.10. The van der Waals surface area contributed by atoms with Gasteiger partial charge in [0.1, 0.15) is 6.61 Å². The third-order valence-electron chi connectivity index (χ3n) is 7.56. The number of aliphatic carboxylic acids is 1. The average molecular weight is 699 g/mol. The minimum atomic E-state index is -0.896. The maximum absolute atomic E-state index is 12.5. The summed E-state index contributed by atoms with van der Waals surface area (Å²) in [5.74, 6) is -1.66. The van der Waals surface area contributed by atoms with Crippen molar-refractivity contribution in [3.05, 3.63) is 85.1 Å². The van der Waals surface area contributed by atoms with Crippen molar-refractivity contribution >= 4 is 17.9 Å². The zero-order chi connectivity index (χ0) is 37.1. The molecule has 0 aromatic heterocycles. The number of rotatable bonds is 31. The van der Waals surface area contributed by atoms with E-state index in [1.165, 1.54) is 12.8 Å². The maximum Gasteiger partial charge on any atom is 0.362 e. The SMILES string of the molecule is CC/C=C/C/C=C/C/C=C/C/C=C/C/C=C/C/C=C/CCC(=O)OCC(COCCC(C(=O)O)[N+](C)(C)C)OC(=O)CC/C=C/CCCCC. The lowest BCUT2D eigenvalue weighted by molar-refractivity contribution is -0.887. The zero-order valence-corrected chi connectivity index (χ0v) is 31.8. The van der Waals surface area contributed by atoms with E-state index in [-0.39, 0.29) is 49.1 Å². The van der Waals surface area contributed by atoms with Crippen molar-refractivity contribution in [3.63, 3.8) is 0 Å². The number of carboxylic acids is 1. The molecule has 1 N–H and O–H groups in total. The molecule has 0 saturated heterocycles. The fourth-order valence-electron chi connectivity index (χ4n) is 4.66. The highest BCUT2D eigenvalue weighted by atomic mass is 16.6. The van der Waals surface area contributed by atoms with Crippen LogP contribution < -0.4 is 0 Å². The summed E-state index contributed by atoms with van der Waals surface area (Å²) in [7, 11) is 5.46. The largest absolute Gasteiger partial charge is 0.477 e. The van der Waals surface area contributed by atoms with Gasteiger partial charge in [-0.05, 0) is 64.2 Å². The van der Waals surface area contributed by atoms with Gasteiger partial charge in [0.2, 0.25) is 0 Å². The Kier molecular flexibility index (Phi) is 30.4. The average Bonchev–Trinajstić information content (AvgIpc) is 3.06. The number of unbranched alkanes of at least 4 members (excludes halogenated alkanes) is 3. The smallest absolute Gasteiger partial charge is 0.362 e. The molecule has 2 atom stereocenters. The third kappa shape index (κ3) is 30.6. The number of esters is 2. The van der Waals surface area contributed by atoms with Gasteiger partial charge in [-0.1, -0.05) is 112 Å². The molecule has 8 heteroatoms. The highest BCUT2D eigenvalue weighted by molar-refractivity contribution is 5.72. The van der Waals surface area contributed by atoms with Gasteiger partial charge >= 0.3 is 17.9 Å². The minimum absolute atomic E-state index is 0.0164. The minimum Gasteiger partial charge on any atom is -0.477 e. The number of nitrogens with zero attached hydrogens (tertiary/aromatic N) is 1. The van der Waals surface area contributed by atoms with Gasteiger partial charge in [0, 0.05) is 19.3 Å². The first-order chi connectivity index (χ1) is 24.1. The van der Waals surface area contributed by atoms with Gasteiger partial charge in [0.15, 0.2) is 12.1 Å². The summed E-state index contributed by atoms with van der Waals surface area (Å²) in [6.07, 6.45) is 41.0. The predicted octanol–water partition coefficient (Wildman–Crippen LogP) is 9.40. The van der Waals surface area contributed by atoms with Gasteiger partial charge in [-0.2, -0.15) is 0 Å². The highest BCUT2D eigenvalue weighted by Gasteiger charge is 2.31. The standard InChI is InChI=1S/C42H67NO7/c1-6-8-10-12-14-15-16-17-18-19-20-21-22-23-24-25-27-28-30-32-40(44)49-37-38(36-48-35-34-39(42(46)47)43(3,4)5)50-41(45)33-31-29-26-13-11-9-7-2/h8,10,14-15,17-18,20-21,23-24,26-29,38-39H,6-7,9,11-13,16,19,22,25,30-37H2,1-5H3/p+1/b10-8+,15-14+,18-17+,21-20+,24-23+,28-27+,29-26+. The van der Waals surface area contributed by atoms with Gasteiger partial charge in [-0.15, -0.1) is 0 Å². The molecule has 0 aromatic carbocycles. The van der Waals surface area contributed by atoms with E-state index in [4.69, 9.17) is 14.2 Å². The topological polar surface area (TPSA) is 99.1 Å². The van der Waals surface area contributed by atoms with Crippen LogP contribution in [0.2, 0.25) is 0 Å². The fraction of sp³-hybridized carbons (Fsp3) is 0.595. The first-order valence-electron chi connectivity index (χ1n) is 18.6. The van der Waals surface area contributed by atoms with Crippen molar-refractivity contribution < 1.29 is 38.2 Å². The van der Waals surface area contributed by atoms with Crippen LogP contribution in [0.1, 0.15) is 110 Å². The number of quaternary nitrogens is 1. The summed E-state index contributed by atoms with van der Waals surface area (Å²) in [5, 5.41) is 9.55. The number of hydrogen-bond donors (Lipinski definition) is 1. The molecule has 0 aromatic rings. The van der Waals surface area contributed by atoms with Crippen molar-refractivity contribution in [3.8, 4) is 0 Å². The molecule has 0 aliphatic heterocycles. The molecule has 0 rings (SSSR count). The molecular formula is C42H68NO7+. The molecule has 2 unspecified atom stereocenters. The molecule has 50 heavy (non-hydrogen) atoms. The van der Waals surface area contributed by atoms with E-state index in [1.54, 1.807) is 0 Å². The number of carboxylic acid groups (broad SMARTS) is 1. The summed E-state index contributed by atoms with van der Waals surface area (Å²) in [5.41, 5.74) is 0. The van der Waals surface area contributed by atoms with Gasteiger partial charge in [0.05, 0.1) is 34.4 Å². The van der Waals surface area contributed by atoms with Gasteiger partial charge in [-0.25, -0.2) is 4.79 Å². The Morgan fingerprint density at radius 3 is 1.60 bits per heavy atom. The van der Waals surface area contributed by atoms with E-state index in [9.17, 15) is 19.5 Å². The first kappa shape index (κ1) is 46.5. The van der Waals surface area contributed by atoms with Gasteiger partial charge < -0.3 is 23.8 Å². The van der Waals surface area contributed by atoms with E-state index in [0.717, 1.165) is 51.4 Å². The van der Waals surface area contributed by atoms with E-state index >= 15 is 0 Å². The quantitative estimate of drug-likeness (QED) is 0.0333. The maximum atomic E-state index is 12.5. The zero-order valence-electron chi connectivity index (χ0n) is 31.8. The second-order valence-corrected chi connectivity index (χ2v) is 13.1. The van der Waals surface area contributed by atoms with Crippen molar-refractivity contribution in [2.45, 2.75) is 122 Å². The number of carbonyl (C=O) groups excluding carboxylic acids is 2. The van der Waals surface area contributed by atoms with E-state index in [2.05, 4.69) is 80.7 Å². The second kappa shape index (κ2) is 32.7. The summed E-state index contributed by atoms with van der Waals surface area (Å²) >= 11 is 0. The molecule has 282 valence electrons. The lowest BCUT2D eigenvalue weighted by Crippen LogP contribution is -2.50. The predicted molar refractivity (Wildman–Crippen MR) is 206 cm³/mol. The van der Waals surface area contributed by atoms with Crippen LogP contribution in [0, 0.1) is 0 Å². The second-order valence-electron chi connectivity index (χ2n) is 13.1. The molecule has 0 spiro atoms. The summed E-state index contributed by atoms with van der Waals surface area (Å²) in [4.78, 5) is 36.5. The Morgan fingerprint density at radius 1 is 0.620 bits per heavy atom. The molecule has 0 radical (unpaired) electrons. The number of ether oxygens (including phenoxy) is 3. The van der Waals surface area contributed by atoms with E-state index in [1.807, 2.05) is 39.4 Å². The summed E-state index contributed by atoms with van der Waals surface area (Å²) in [6.45, 7) is 4.39. The lowest BCUT2D eigenvalue weighted by Gasteiger charge is -2.31. The molecule has 0 saturated carbocycles. The van der Waals surface area contributed by atoms with Crippen LogP contribution in [0.15, 0.2) is 85.1 Å². The third-order valence-corrected chi connectivity index (χ3v) is 7.56. The molecule has 0 fully saturated rings. The number of allylic oxidation sites excluding steroid dienone is 14. The number of hydrogen-bond acceptors (Lipinski definition) is 6. The molecule has 0 aliphatic carbocycles. The van der Waals surface area contributed by atoms with Crippen LogP contribution >= 0.6 is 0 Å². The molecule has 0 bridgehead atoms.